The van der Waals surface area contributed by atoms with Crippen LogP contribution in [0.4, 0.5) is 0 Å². The molecule has 2 rings (SSSR count). The van der Waals surface area contributed by atoms with Crippen LogP contribution in [-0.2, 0) is 0 Å². The van der Waals surface area contributed by atoms with Gasteiger partial charge in [-0.05, 0) is 39.2 Å². The lowest BCUT2D eigenvalue weighted by Crippen LogP contribution is -2.49. The molecule has 1 fully saturated rings. The van der Waals surface area contributed by atoms with Crippen LogP contribution in [0.3, 0.4) is 0 Å². The maximum Gasteiger partial charge on any atom is 0.193 e. The Bertz CT molecular complexity index is 284. The van der Waals surface area contributed by atoms with Crippen LogP contribution in [0.2, 0.25) is 0 Å². The van der Waals surface area contributed by atoms with Crippen LogP contribution in [-0.4, -0.2) is 73.6 Å². The van der Waals surface area contributed by atoms with E-state index < -0.39 is 0 Å². The maximum atomic E-state index is 4.49. The molecule has 0 unspecified atom stereocenters. The zero-order valence-corrected chi connectivity index (χ0v) is 12.0. The average molecular weight is 256 g/mol. The van der Waals surface area contributed by atoms with Gasteiger partial charge in [-0.3, -0.25) is 4.99 Å². The largest absolute Gasteiger partial charge is 0.355 e. The molecule has 1 saturated heterocycles. The molecule has 0 aromatic rings. The van der Waals surface area contributed by atoms with Crippen molar-refractivity contribution in [2.24, 2.45) is 4.99 Å². The third-order valence-electron chi connectivity index (χ3n) is 3.96. The molecule has 17 heavy (non-hydrogen) atoms. The van der Waals surface area contributed by atoms with Gasteiger partial charge in [-0.1, -0.05) is 0 Å². The van der Waals surface area contributed by atoms with E-state index in [9.17, 15) is 0 Å². The summed E-state index contributed by atoms with van der Waals surface area (Å²) >= 11 is 2.02. The number of guanidine groups is 1. The van der Waals surface area contributed by atoms with Crippen LogP contribution >= 0.6 is 11.8 Å². The molecule has 0 aromatic heterocycles. The van der Waals surface area contributed by atoms with Gasteiger partial charge in [-0.2, -0.15) is 11.8 Å². The molecule has 5 heteroatoms. The van der Waals surface area contributed by atoms with Gasteiger partial charge in [0.15, 0.2) is 5.96 Å². The topological polar surface area (TPSA) is 30.9 Å². The van der Waals surface area contributed by atoms with E-state index in [1.165, 1.54) is 25.9 Å². The highest BCUT2D eigenvalue weighted by atomic mass is 32.2. The molecule has 2 aliphatic heterocycles. The summed E-state index contributed by atoms with van der Waals surface area (Å²) in [7, 11) is 4.33. The molecule has 0 saturated carbocycles. The highest BCUT2D eigenvalue weighted by Crippen LogP contribution is 2.33. The van der Waals surface area contributed by atoms with Crippen LogP contribution in [0.15, 0.2) is 4.99 Å². The Labute approximate surface area is 109 Å². The molecule has 0 atom stereocenters. The minimum atomic E-state index is 0.401. The summed E-state index contributed by atoms with van der Waals surface area (Å²) in [6.07, 6.45) is 4.79. The number of rotatable bonds is 3. The fraction of sp³-hybridized carbons (Fsp3) is 0.917. The first-order valence-corrected chi connectivity index (χ1v) is 7.61. The third-order valence-corrected chi connectivity index (χ3v) is 5.38. The SMILES string of the molecule is CSC1(CNC2=NCCN2C)CCN(C)CC1. The predicted molar refractivity (Wildman–Crippen MR) is 75.9 cm³/mol. The lowest BCUT2D eigenvalue weighted by atomic mass is 9.96. The number of likely N-dealkylation sites (tertiary alicyclic amines) is 1. The standard InChI is InChI=1S/C12H24N4S/c1-15-7-4-12(17-3,5-8-15)10-14-11-13-6-9-16(11)2/h4-10H2,1-3H3,(H,13,14). The fourth-order valence-corrected chi connectivity index (χ4v) is 3.25. The van der Waals surface area contributed by atoms with Gasteiger partial charge < -0.3 is 15.1 Å². The second kappa shape index (κ2) is 5.48. The number of nitrogens with one attached hydrogen (secondary N) is 1. The molecule has 0 amide bonds. The van der Waals surface area contributed by atoms with Crippen molar-refractivity contribution in [2.75, 3.05) is 53.1 Å². The van der Waals surface area contributed by atoms with Gasteiger partial charge in [0.1, 0.15) is 0 Å². The molecular weight excluding hydrogens is 232 g/mol. The molecule has 1 N–H and O–H groups in total. The van der Waals surface area contributed by atoms with Crippen molar-refractivity contribution in [1.82, 2.24) is 15.1 Å². The number of aliphatic imine (C=N–C) groups is 1. The highest BCUT2D eigenvalue weighted by molar-refractivity contribution is 8.00. The summed E-state index contributed by atoms with van der Waals surface area (Å²) in [4.78, 5) is 9.13. The van der Waals surface area contributed by atoms with Crippen molar-refractivity contribution >= 4 is 17.7 Å². The highest BCUT2D eigenvalue weighted by Gasteiger charge is 2.33. The van der Waals surface area contributed by atoms with Gasteiger partial charge in [-0.15, -0.1) is 0 Å². The Kier molecular flexibility index (Phi) is 4.20. The normalized spacial score (nSPS) is 24.9. The molecule has 0 aromatic carbocycles. The summed E-state index contributed by atoms with van der Waals surface area (Å²) in [5.41, 5.74) is 0. The van der Waals surface area contributed by atoms with Crippen LogP contribution in [0.25, 0.3) is 0 Å². The lowest BCUT2D eigenvalue weighted by molar-refractivity contribution is 0.238. The Balaban J connectivity index is 1.87. The minimum absolute atomic E-state index is 0.401. The third kappa shape index (κ3) is 3.07. The molecule has 4 nitrogen and oxygen atoms in total. The second-order valence-electron chi connectivity index (χ2n) is 5.17. The van der Waals surface area contributed by atoms with Gasteiger partial charge >= 0.3 is 0 Å². The summed E-state index contributed by atoms with van der Waals surface area (Å²) in [6.45, 7) is 5.46. The molecule has 0 aliphatic carbocycles. The van der Waals surface area contributed by atoms with Crippen LogP contribution in [0, 0.1) is 0 Å². The molecule has 98 valence electrons. The van der Waals surface area contributed by atoms with E-state index >= 15 is 0 Å². The number of piperidine rings is 1. The van der Waals surface area contributed by atoms with Crippen LogP contribution < -0.4 is 5.32 Å². The Hall–Kier alpha value is -0.420. The van der Waals surface area contributed by atoms with Crippen molar-refractivity contribution in [2.45, 2.75) is 17.6 Å². The van der Waals surface area contributed by atoms with E-state index in [2.05, 4.69) is 40.5 Å². The van der Waals surface area contributed by atoms with E-state index in [1.807, 2.05) is 11.8 Å². The summed E-state index contributed by atoms with van der Waals surface area (Å²) in [5, 5.41) is 3.54. The van der Waals surface area contributed by atoms with Gasteiger partial charge in [0, 0.05) is 24.9 Å². The lowest BCUT2D eigenvalue weighted by Gasteiger charge is -2.40. The van der Waals surface area contributed by atoms with E-state index in [0.29, 0.717) is 4.75 Å². The molecule has 0 radical (unpaired) electrons. The number of likely N-dealkylation sites (N-methyl/N-ethyl adjacent to an activating group) is 1. The number of hydrogen-bond donors (Lipinski definition) is 1. The van der Waals surface area contributed by atoms with Gasteiger partial charge in [0.2, 0.25) is 0 Å². The Morgan fingerprint density at radius 1 is 1.29 bits per heavy atom. The monoisotopic (exact) mass is 256 g/mol. The Morgan fingerprint density at radius 3 is 2.53 bits per heavy atom. The molecular formula is C12H24N4S. The first-order valence-electron chi connectivity index (χ1n) is 6.38. The minimum Gasteiger partial charge on any atom is -0.355 e. The quantitative estimate of drug-likeness (QED) is 0.805. The van der Waals surface area contributed by atoms with Gasteiger partial charge in [-0.25, -0.2) is 0 Å². The summed E-state index contributed by atoms with van der Waals surface area (Å²) in [6, 6.07) is 0. The predicted octanol–water partition coefficient (Wildman–Crippen LogP) is 0.705. The summed E-state index contributed by atoms with van der Waals surface area (Å²) in [5.74, 6) is 1.08. The summed E-state index contributed by atoms with van der Waals surface area (Å²) < 4.78 is 0.401. The van der Waals surface area contributed by atoms with Crippen molar-refractivity contribution in [1.29, 1.82) is 0 Å². The number of thioether (sulfide) groups is 1. The number of hydrogen-bond acceptors (Lipinski definition) is 5. The van der Waals surface area contributed by atoms with Crippen LogP contribution in [0.1, 0.15) is 12.8 Å². The zero-order chi connectivity index (χ0) is 12.3. The van der Waals surface area contributed by atoms with Crippen molar-refractivity contribution < 1.29 is 0 Å². The van der Waals surface area contributed by atoms with Gasteiger partial charge in [0.25, 0.3) is 0 Å². The van der Waals surface area contributed by atoms with Gasteiger partial charge in [0.05, 0.1) is 6.54 Å². The van der Waals surface area contributed by atoms with Crippen LogP contribution in [0.5, 0.6) is 0 Å². The Morgan fingerprint density at radius 2 is 2.00 bits per heavy atom. The first kappa shape index (κ1) is 13.0. The molecule has 2 heterocycles. The fourth-order valence-electron chi connectivity index (χ4n) is 2.44. The first-order chi connectivity index (χ1) is 8.15. The van der Waals surface area contributed by atoms with E-state index in [1.54, 1.807) is 0 Å². The molecule has 0 spiro atoms. The average Bonchev–Trinajstić information content (AvgIpc) is 2.75. The maximum absolute atomic E-state index is 4.49. The molecule has 0 bridgehead atoms. The number of nitrogens with zero attached hydrogens (tertiary/aromatic N) is 3. The molecule has 2 aliphatic rings. The smallest absolute Gasteiger partial charge is 0.193 e. The van der Waals surface area contributed by atoms with E-state index in [-0.39, 0.29) is 0 Å². The van der Waals surface area contributed by atoms with E-state index in [0.717, 1.165) is 25.6 Å². The van der Waals surface area contributed by atoms with Crippen molar-refractivity contribution in [3.8, 4) is 0 Å². The second-order valence-corrected chi connectivity index (χ2v) is 6.45. The zero-order valence-electron chi connectivity index (χ0n) is 11.2. The van der Waals surface area contributed by atoms with Crippen molar-refractivity contribution in [3.05, 3.63) is 0 Å². The van der Waals surface area contributed by atoms with E-state index in [4.69, 9.17) is 0 Å². The van der Waals surface area contributed by atoms with Crippen molar-refractivity contribution in [3.63, 3.8) is 0 Å².